The van der Waals surface area contributed by atoms with Crippen LogP contribution in [0.15, 0.2) is 47.4 Å². The number of rotatable bonds is 9. The third-order valence-electron chi connectivity index (χ3n) is 4.20. The summed E-state index contributed by atoms with van der Waals surface area (Å²) >= 11 is 0. The second-order valence-electron chi connectivity index (χ2n) is 6.48. The Morgan fingerprint density at radius 2 is 1.75 bits per heavy atom. The molecule has 0 heterocycles. The number of hydrogen-bond acceptors (Lipinski definition) is 5. The maximum atomic E-state index is 12.4. The second kappa shape index (κ2) is 9.57. The number of hydrogen-bond donors (Lipinski definition) is 3. The van der Waals surface area contributed by atoms with Gasteiger partial charge in [0.05, 0.1) is 22.8 Å². The molecule has 28 heavy (non-hydrogen) atoms. The van der Waals surface area contributed by atoms with Crippen LogP contribution in [0.4, 0.5) is 17.1 Å². The van der Waals surface area contributed by atoms with Crippen LogP contribution in [0.3, 0.4) is 0 Å². The molecular weight excluding hydrogens is 376 g/mol. The predicted molar refractivity (Wildman–Crippen MR) is 114 cm³/mol. The smallest absolute Gasteiger partial charge is 0.243 e. The van der Waals surface area contributed by atoms with E-state index >= 15 is 0 Å². The molecule has 2 rings (SSSR count). The molecule has 0 radical (unpaired) electrons. The van der Waals surface area contributed by atoms with Gasteiger partial charge in [-0.25, -0.2) is 12.7 Å². The molecule has 0 bridgehead atoms. The highest BCUT2D eigenvalue weighted by atomic mass is 32.2. The highest BCUT2D eigenvalue weighted by Gasteiger charge is 2.19. The number of aryl methyl sites for hydroxylation is 1. The Kier molecular flexibility index (Phi) is 7.42. The highest BCUT2D eigenvalue weighted by Crippen LogP contribution is 2.26. The summed E-state index contributed by atoms with van der Waals surface area (Å²) in [5, 5.41) is 9.06. The van der Waals surface area contributed by atoms with Crippen molar-refractivity contribution >= 4 is 33.0 Å². The van der Waals surface area contributed by atoms with Gasteiger partial charge in [-0.15, -0.1) is 0 Å². The molecule has 8 heteroatoms. The fourth-order valence-electron chi connectivity index (χ4n) is 2.64. The van der Waals surface area contributed by atoms with Gasteiger partial charge in [0.25, 0.3) is 0 Å². The lowest BCUT2D eigenvalue weighted by Crippen LogP contribution is -2.24. The number of benzene rings is 2. The highest BCUT2D eigenvalue weighted by molar-refractivity contribution is 7.89. The molecule has 0 atom stereocenters. The van der Waals surface area contributed by atoms with Gasteiger partial charge >= 0.3 is 0 Å². The van der Waals surface area contributed by atoms with Crippen molar-refractivity contribution in [2.24, 2.45) is 0 Å². The summed E-state index contributed by atoms with van der Waals surface area (Å²) in [5.74, 6) is -0.212. The molecule has 1 amide bonds. The van der Waals surface area contributed by atoms with E-state index in [0.717, 1.165) is 27.7 Å². The van der Waals surface area contributed by atoms with Gasteiger partial charge < -0.3 is 16.0 Å². The molecule has 7 nitrogen and oxygen atoms in total. The Labute approximate surface area is 167 Å². The van der Waals surface area contributed by atoms with Crippen molar-refractivity contribution in [2.45, 2.75) is 25.2 Å². The Morgan fingerprint density at radius 1 is 1.00 bits per heavy atom. The Balaban J connectivity index is 2.15. The van der Waals surface area contributed by atoms with E-state index in [1.165, 1.54) is 20.2 Å². The molecule has 0 saturated heterocycles. The molecule has 2 aromatic rings. The van der Waals surface area contributed by atoms with Crippen molar-refractivity contribution in [3.63, 3.8) is 0 Å². The second-order valence-corrected chi connectivity index (χ2v) is 8.63. The summed E-state index contributed by atoms with van der Waals surface area (Å²) in [6, 6.07) is 12.5. The van der Waals surface area contributed by atoms with Gasteiger partial charge in [0.15, 0.2) is 0 Å². The fourth-order valence-corrected chi connectivity index (χ4v) is 3.56. The lowest BCUT2D eigenvalue weighted by Gasteiger charge is -2.17. The van der Waals surface area contributed by atoms with Gasteiger partial charge in [-0.2, -0.15) is 0 Å². The third-order valence-corrected chi connectivity index (χ3v) is 6.01. The number of amides is 1. The predicted octanol–water partition coefficient (Wildman–Crippen LogP) is 2.98. The van der Waals surface area contributed by atoms with Crippen LogP contribution in [0.2, 0.25) is 0 Å². The first-order chi connectivity index (χ1) is 13.3. The lowest BCUT2D eigenvalue weighted by atomic mass is 10.1. The van der Waals surface area contributed by atoms with Crippen molar-refractivity contribution in [1.82, 2.24) is 4.31 Å². The zero-order valence-corrected chi connectivity index (χ0v) is 17.6. The average molecular weight is 405 g/mol. The first kappa shape index (κ1) is 21.7. The van der Waals surface area contributed by atoms with Crippen molar-refractivity contribution in [3.8, 4) is 0 Å². The zero-order valence-electron chi connectivity index (χ0n) is 16.7. The topological polar surface area (TPSA) is 90.5 Å². The molecule has 3 N–H and O–H groups in total. The lowest BCUT2D eigenvalue weighted by molar-refractivity contribution is -0.114. The van der Waals surface area contributed by atoms with Gasteiger partial charge in [-0.3, -0.25) is 4.79 Å². The van der Waals surface area contributed by atoms with Crippen LogP contribution in [0, 0.1) is 0 Å². The minimum atomic E-state index is -3.56. The summed E-state index contributed by atoms with van der Waals surface area (Å²) in [6.07, 6.45) is 0.890. The Hall–Kier alpha value is -2.58. The van der Waals surface area contributed by atoms with Crippen LogP contribution in [0.1, 0.15) is 19.4 Å². The minimum Gasteiger partial charge on any atom is -0.384 e. The van der Waals surface area contributed by atoms with E-state index in [9.17, 15) is 13.2 Å². The summed E-state index contributed by atoms with van der Waals surface area (Å²) in [4.78, 5) is 12.5. The number of nitrogens with zero attached hydrogens (tertiary/aromatic N) is 1. The Morgan fingerprint density at radius 3 is 2.39 bits per heavy atom. The molecule has 0 fully saturated rings. The molecule has 0 saturated carbocycles. The van der Waals surface area contributed by atoms with E-state index in [0.29, 0.717) is 12.2 Å². The molecule has 0 unspecified atom stereocenters. The van der Waals surface area contributed by atoms with E-state index in [1.807, 2.05) is 31.2 Å². The van der Waals surface area contributed by atoms with Crippen LogP contribution >= 0.6 is 0 Å². The molecule has 0 aliphatic carbocycles. The van der Waals surface area contributed by atoms with Crippen LogP contribution in [0.25, 0.3) is 0 Å². The van der Waals surface area contributed by atoms with Crippen molar-refractivity contribution < 1.29 is 13.2 Å². The van der Waals surface area contributed by atoms with E-state index in [2.05, 4.69) is 22.9 Å². The van der Waals surface area contributed by atoms with Gasteiger partial charge in [-0.1, -0.05) is 19.1 Å². The quantitative estimate of drug-likeness (QED) is 0.598. The summed E-state index contributed by atoms with van der Waals surface area (Å²) < 4.78 is 25.9. The first-order valence-corrected chi connectivity index (χ1v) is 10.6. The number of sulfonamides is 1. The molecule has 0 aromatic heterocycles. The number of anilines is 3. The fraction of sp³-hybridized carbons (Fsp3) is 0.350. The largest absolute Gasteiger partial charge is 0.384 e. The van der Waals surface area contributed by atoms with Crippen molar-refractivity contribution in [1.29, 1.82) is 0 Å². The van der Waals surface area contributed by atoms with Gasteiger partial charge in [0.2, 0.25) is 15.9 Å². The van der Waals surface area contributed by atoms with Crippen LogP contribution in [-0.2, 0) is 21.2 Å². The first-order valence-electron chi connectivity index (χ1n) is 9.21. The summed E-state index contributed by atoms with van der Waals surface area (Å²) in [5.41, 5.74) is 3.17. The average Bonchev–Trinajstić information content (AvgIpc) is 2.67. The maximum Gasteiger partial charge on any atom is 0.243 e. The van der Waals surface area contributed by atoms with Crippen molar-refractivity contribution in [2.75, 3.05) is 43.1 Å². The normalized spacial score (nSPS) is 11.3. The van der Waals surface area contributed by atoms with Crippen LogP contribution in [0.5, 0.6) is 0 Å². The monoisotopic (exact) mass is 404 g/mol. The number of carbonyl (C=O) groups excluding carboxylic acids is 1. The molecule has 152 valence electrons. The Bertz CT molecular complexity index is 927. The summed E-state index contributed by atoms with van der Waals surface area (Å²) in [6.45, 7) is 4.69. The van der Waals surface area contributed by atoms with E-state index in [-0.39, 0.29) is 17.3 Å². The van der Waals surface area contributed by atoms with Gasteiger partial charge in [-0.05, 0) is 49.2 Å². The molecule has 2 aromatic carbocycles. The SMILES string of the molecule is CCNc1ccc(S(=O)(=O)N(C)C)cc1NCC(=O)Nc1cccc(CC)c1. The van der Waals surface area contributed by atoms with E-state index in [1.54, 1.807) is 12.1 Å². The molecular formula is C20H28N4O3S. The molecule has 0 aliphatic rings. The van der Waals surface area contributed by atoms with Crippen LogP contribution in [-0.4, -0.2) is 45.8 Å². The van der Waals surface area contributed by atoms with Gasteiger partial charge in [0.1, 0.15) is 0 Å². The minimum absolute atomic E-state index is 0.0141. The van der Waals surface area contributed by atoms with Crippen molar-refractivity contribution in [3.05, 3.63) is 48.0 Å². The van der Waals surface area contributed by atoms with Gasteiger partial charge in [0, 0.05) is 26.3 Å². The van der Waals surface area contributed by atoms with E-state index < -0.39 is 10.0 Å². The third kappa shape index (κ3) is 5.46. The van der Waals surface area contributed by atoms with Crippen LogP contribution < -0.4 is 16.0 Å². The molecule has 0 aliphatic heterocycles. The standard InChI is InChI=1S/C20H28N4O3S/c1-5-15-8-7-9-16(12-15)23-20(25)14-22-19-13-17(28(26,27)24(3)4)10-11-18(19)21-6-2/h7-13,21-22H,5-6,14H2,1-4H3,(H,23,25). The molecule has 0 spiro atoms. The number of nitrogens with one attached hydrogen (secondary N) is 3. The maximum absolute atomic E-state index is 12.4. The summed E-state index contributed by atoms with van der Waals surface area (Å²) in [7, 11) is -0.592. The number of carbonyl (C=O) groups is 1. The van der Waals surface area contributed by atoms with E-state index in [4.69, 9.17) is 0 Å². The zero-order chi connectivity index (χ0) is 20.7.